The van der Waals surface area contributed by atoms with Crippen LogP contribution in [0.2, 0.25) is 5.15 Å². The minimum atomic E-state index is -0.463. The lowest BCUT2D eigenvalue weighted by atomic mass is 10.2. The minimum absolute atomic E-state index is 0.129. The third-order valence-electron chi connectivity index (χ3n) is 3.36. The van der Waals surface area contributed by atoms with Crippen LogP contribution in [0.5, 0.6) is 0 Å². The molecular formula is C17H18ClN5O2. The van der Waals surface area contributed by atoms with Gasteiger partial charge in [0.25, 0.3) is 0 Å². The van der Waals surface area contributed by atoms with Crippen molar-refractivity contribution in [3.8, 4) is 0 Å². The Labute approximate surface area is 150 Å². The zero-order valence-corrected chi connectivity index (χ0v) is 14.6. The quantitative estimate of drug-likeness (QED) is 0.281. The number of aliphatic imine (C=N–C) groups is 1. The number of para-hydroxylation sites is 1. The smallest absolute Gasteiger partial charge is 0.326 e. The van der Waals surface area contributed by atoms with Gasteiger partial charge in [-0.15, -0.1) is 0 Å². The fourth-order valence-corrected chi connectivity index (χ4v) is 2.33. The van der Waals surface area contributed by atoms with Crippen LogP contribution in [0.25, 0.3) is 0 Å². The van der Waals surface area contributed by atoms with Crippen molar-refractivity contribution < 1.29 is 4.92 Å². The summed E-state index contributed by atoms with van der Waals surface area (Å²) in [7, 11) is 3.25. The minimum Gasteiger partial charge on any atom is -0.356 e. The molecule has 0 aliphatic heterocycles. The van der Waals surface area contributed by atoms with Gasteiger partial charge in [0.1, 0.15) is 5.15 Å². The van der Waals surface area contributed by atoms with Gasteiger partial charge in [0.15, 0.2) is 0 Å². The van der Waals surface area contributed by atoms with Crippen LogP contribution in [0.3, 0.4) is 0 Å². The second-order valence-electron chi connectivity index (χ2n) is 5.19. The maximum atomic E-state index is 11.5. The molecule has 0 radical (unpaired) electrons. The molecule has 2 rings (SSSR count). The summed E-state index contributed by atoms with van der Waals surface area (Å²) in [5, 5.41) is 14.8. The van der Waals surface area contributed by atoms with Gasteiger partial charge < -0.3 is 10.2 Å². The fourth-order valence-electron chi connectivity index (χ4n) is 2.21. The van der Waals surface area contributed by atoms with Crippen LogP contribution in [0.1, 0.15) is 5.56 Å². The van der Waals surface area contributed by atoms with Crippen molar-refractivity contribution in [1.82, 2.24) is 9.88 Å². The van der Waals surface area contributed by atoms with Gasteiger partial charge in [-0.25, -0.2) is 4.98 Å². The molecule has 0 fully saturated rings. The summed E-state index contributed by atoms with van der Waals surface area (Å²) in [5.41, 5.74) is 1.49. The van der Waals surface area contributed by atoms with Crippen molar-refractivity contribution in [1.29, 1.82) is 0 Å². The van der Waals surface area contributed by atoms with E-state index in [2.05, 4.69) is 15.3 Å². The molecule has 7 nitrogen and oxygen atoms in total. The van der Waals surface area contributed by atoms with Crippen LogP contribution < -0.4 is 5.32 Å². The monoisotopic (exact) mass is 359 g/mol. The van der Waals surface area contributed by atoms with E-state index in [-0.39, 0.29) is 11.5 Å². The highest BCUT2D eigenvalue weighted by Gasteiger charge is 2.23. The SMILES string of the molecule is CN=C(/C(=C\Nc1ccccc1)[N+](=O)[O-])N(C)Cc1ccc(Cl)nc1. The Balaban J connectivity index is 2.18. The highest BCUT2D eigenvalue weighted by molar-refractivity contribution is 6.29. The van der Waals surface area contributed by atoms with E-state index in [0.29, 0.717) is 11.7 Å². The number of hydrogen-bond donors (Lipinski definition) is 1. The number of nitro groups is 1. The first-order valence-corrected chi connectivity index (χ1v) is 7.84. The molecule has 0 spiro atoms. The Hall–Kier alpha value is -2.93. The van der Waals surface area contributed by atoms with Crippen molar-refractivity contribution in [2.75, 3.05) is 19.4 Å². The highest BCUT2D eigenvalue weighted by Crippen LogP contribution is 2.12. The molecule has 8 heteroatoms. The molecule has 130 valence electrons. The number of amidine groups is 1. The van der Waals surface area contributed by atoms with E-state index in [1.165, 1.54) is 13.2 Å². The average molecular weight is 360 g/mol. The summed E-state index contributed by atoms with van der Waals surface area (Å²) >= 11 is 5.77. The number of nitrogens with zero attached hydrogens (tertiary/aromatic N) is 4. The summed E-state index contributed by atoms with van der Waals surface area (Å²) in [6.07, 6.45) is 2.97. The molecule has 2 aromatic rings. The van der Waals surface area contributed by atoms with Crippen molar-refractivity contribution >= 4 is 23.1 Å². The van der Waals surface area contributed by atoms with Gasteiger partial charge in [-0.3, -0.25) is 15.1 Å². The first-order chi connectivity index (χ1) is 12.0. The molecule has 0 aliphatic carbocycles. The highest BCUT2D eigenvalue weighted by atomic mass is 35.5. The lowest BCUT2D eigenvalue weighted by Crippen LogP contribution is -2.31. The molecule has 0 amide bonds. The molecular weight excluding hydrogens is 342 g/mol. The summed E-state index contributed by atoms with van der Waals surface area (Å²) in [6.45, 7) is 0.410. The topological polar surface area (TPSA) is 83.7 Å². The number of aromatic nitrogens is 1. The number of likely N-dealkylation sites (N-methyl/N-ethyl adjacent to an activating group) is 1. The predicted octanol–water partition coefficient (Wildman–Crippen LogP) is 3.43. The standard InChI is InChI=1S/C17H18ClN5O2/c1-19-17(22(2)12-13-8-9-16(18)21-10-13)15(23(24)25)11-20-14-6-4-3-5-7-14/h3-11,20H,12H2,1-2H3/b15-11+,19-17?. The van der Waals surface area contributed by atoms with Gasteiger partial charge in [0, 0.05) is 32.5 Å². The number of anilines is 1. The van der Waals surface area contributed by atoms with Crippen LogP contribution in [0.4, 0.5) is 5.69 Å². The van der Waals surface area contributed by atoms with Gasteiger partial charge in [-0.05, 0) is 23.8 Å². The predicted molar refractivity (Wildman–Crippen MR) is 99.2 cm³/mol. The molecule has 0 saturated carbocycles. The average Bonchev–Trinajstić information content (AvgIpc) is 2.61. The second-order valence-corrected chi connectivity index (χ2v) is 5.58. The Morgan fingerprint density at radius 1 is 1.36 bits per heavy atom. The van der Waals surface area contributed by atoms with E-state index < -0.39 is 4.92 Å². The van der Waals surface area contributed by atoms with Crippen molar-refractivity contribution in [3.05, 3.63) is 81.4 Å². The van der Waals surface area contributed by atoms with Crippen molar-refractivity contribution in [2.45, 2.75) is 6.54 Å². The number of pyridine rings is 1. The number of benzene rings is 1. The third kappa shape index (κ3) is 5.29. The van der Waals surface area contributed by atoms with E-state index in [1.54, 1.807) is 24.2 Å². The lowest BCUT2D eigenvalue weighted by Gasteiger charge is -2.19. The lowest BCUT2D eigenvalue weighted by molar-refractivity contribution is -0.416. The van der Waals surface area contributed by atoms with Crippen LogP contribution in [-0.2, 0) is 6.54 Å². The maximum Gasteiger partial charge on any atom is 0.326 e. The van der Waals surface area contributed by atoms with Crippen LogP contribution in [-0.4, -0.2) is 34.7 Å². The van der Waals surface area contributed by atoms with Gasteiger partial charge in [-0.2, -0.15) is 0 Å². The van der Waals surface area contributed by atoms with Gasteiger partial charge in [0.05, 0.1) is 11.1 Å². The van der Waals surface area contributed by atoms with E-state index >= 15 is 0 Å². The summed E-state index contributed by atoms with van der Waals surface area (Å²) in [6, 6.07) is 12.7. The molecule has 1 heterocycles. The maximum absolute atomic E-state index is 11.5. The zero-order valence-electron chi connectivity index (χ0n) is 13.9. The van der Waals surface area contributed by atoms with Crippen molar-refractivity contribution in [3.63, 3.8) is 0 Å². The first-order valence-electron chi connectivity index (χ1n) is 7.46. The molecule has 0 aliphatic rings. The Morgan fingerprint density at radius 2 is 2.08 bits per heavy atom. The molecule has 25 heavy (non-hydrogen) atoms. The second kappa shape index (κ2) is 8.79. The van der Waals surface area contributed by atoms with Crippen molar-refractivity contribution in [2.24, 2.45) is 4.99 Å². The molecule has 1 N–H and O–H groups in total. The third-order valence-corrected chi connectivity index (χ3v) is 3.58. The Bertz CT molecular complexity index is 775. The molecule has 0 saturated heterocycles. The molecule has 0 atom stereocenters. The van der Waals surface area contributed by atoms with Gasteiger partial charge >= 0.3 is 5.70 Å². The Kier molecular flexibility index (Phi) is 6.47. The number of halogens is 1. The largest absolute Gasteiger partial charge is 0.356 e. The summed E-state index contributed by atoms with van der Waals surface area (Å²) in [4.78, 5) is 20.8. The van der Waals surface area contributed by atoms with Crippen LogP contribution >= 0.6 is 11.6 Å². The number of nitrogens with one attached hydrogen (secondary N) is 1. The molecule has 0 bridgehead atoms. The van der Waals surface area contributed by atoms with E-state index in [0.717, 1.165) is 11.3 Å². The van der Waals surface area contributed by atoms with E-state index in [1.807, 2.05) is 36.4 Å². The van der Waals surface area contributed by atoms with Crippen LogP contribution in [0, 0.1) is 10.1 Å². The summed E-state index contributed by atoms with van der Waals surface area (Å²) < 4.78 is 0. The molecule has 0 unspecified atom stereocenters. The van der Waals surface area contributed by atoms with Gasteiger partial charge in [0.2, 0.25) is 5.84 Å². The van der Waals surface area contributed by atoms with Crippen LogP contribution in [0.15, 0.2) is 65.6 Å². The normalized spacial score (nSPS) is 12.0. The van der Waals surface area contributed by atoms with Gasteiger partial charge in [-0.1, -0.05) is 35.9 Å². The fraction of sp³-hybridized carbons (Fsp3) is 0.176. The number of rotatable bonds is 6. The molecule has 1 aromatic carbocycles. The summed E-state index contributed by atoms with van der Waals surface area (Å²) in [5.74, 6) is 0.253. The Morgan fingerprint density at radius 3 is 2.64 bits per heavy atom. The number of hydrogen-bond acceptors (Lipinski definition) is 5. The molecule has 1 aromatic heterocycles. The zero-order chi connectivity index (χ0) is 18.2. The first kappa shape index (κ1) is 18.4. The van der Waals surface area contributed by atoms with E-state index in [9.17, 15) is 10.1 Å². The van der Waals surface area contributed by atoms with E-state index in [4.69, 9.17) is 11.6 Å².